The second-order valence-electron chi connectivity index (χ2n) is 4.08. The van der Waals surface area contributed by atoms with Gasteiger partial charge in [0.2, 0.25) is 5.89 Å². The fourth-order valence-electron chi connectivity index (χ4n) is 1.50. The molecule has 1 fully saturated rings. The predicted octanol–water partition coefficient (Wildman–Crippen LogP) is 3.42. The van der Waals surface area contributed by atoms with Crippen LogP contribution >= 0.6 is 35.0 Å². The van der Waals surface area contributed by atoms with Crippen LogP contribution in [-0.4, -0.2) is 25.3 Å². The third-order valence-electron chi connectivity index (χ3n) is 2.70. The number of thioether (sulfide) groups is 1. The highest BCUT2D eigenvalue weighted by atomic mass is 35.5. The van der Waals surface area contributed by atoms with Gasteiger partial charge in [0.15, 0.2) is 0 Å². The third-order valence-corrected chi connectivity index (χ3v) is 4.60. The van der Waals surface area contributed by atoms with Gasteiger partial charge in [-0.15, -0.1) is 33.4 Å². The van der Waals surface area contributed by atoms with Crippen molar-refractivity contribution in [2.24, 2.45) is 5.92 Å². The monoisotopic (exact) mass is 301 g/mol. The molecule has 0 bridgehead atoms. The van der Waals surface area contributed by atoms with Crippen molar-refractivity contribution in [1.29, 1.82) is 0 Å². The quantitative estimate of drug-likeness (QED) is 0.640. The fourth-order valence-corrected chi connectivity index (χ4v) is 3.19. The van der Waals surface area contributed by atoms with Crippen molar-refractivity contribution in [3.05, 3.63) is 24.5 Å². The molecule has 0 radical (unpaired) electrons. The van der Waals surface area contributed by atoms with E-state index in [0.29, 0.717) is 17.0 Å². The lowest BCUT2D eigenvalue weighted by molar-refractivity contribution is 0.465. The van der Waals surface area contributed by atoms with Gasteiger partial charge in [-0.3, -0.25) is 4.98 Å². The fraction of sp³-hybridized carbons (Fsp3) is 0.364. The van der Waals surface area contributed by atoms with Crippen molar-refractivity contribution in [1.82, 2.24) is 15.2 Å². The Morgan fingerprint density at radius 1 is 1.33 bits per heavy atom. The lowest BCUT2D eigenvalue weighted by Gasteiger charge is -1.96. The van der Waals surface area contributed by atoms with Crippen molar-refractivity contribution in [2.75, 3.05) is 5.75 Å². The Bertz CT molecular complexity index is 546. The van der Waals surface area contributed by atoms with Crippen LogP contribution in [0.25, 0.3) is 11.5 Å². The van der Waals surface area contributed by atoms with Gasteiger partial charge in [0.25, 0.3) is 5.22 Å². The van der Waals surface area contributed by atoms with Crippen molar-refractivity contribution < 1.29 is 4.42 Å². The summed E-state index contributed by atoms with van der Waals surface area (Å²) in [5.74, 6) is 1.60. The molecule has 4 nitrogen and oxygen atoms in total. The lowest BCUT2D eigenvalue weighted by atomic mass is 10.3. The highest BCUT2D eigenvalue weighted by Gasteiger charge is 2.51. The summed E-state index contributed by atoms with van der Waals surface area (Å²) in [6.45, 7) is 0. The SMILES string of the molecule is ClC1(Cl)C[C@H]1CSc1nnc(-c2ccncc2)o1. The van der Waals surface area contributed by atoms with E-state index < -0.39 is 4.33 Å². The standard InChI is InChI=1S/C11H9Cl2N3OS/c12-11(13)5-8(11)6-18-10-16-15-9(17-10)7-1-3-14-4-2-7/h1-4,8H,5-6H2/t8-/m0/s1. The van der Waals surface area contributed by atoms with E-state index in [1.54, 1.807) is 12.4 Å². The molecule has 0 amide bonds. The van der Waals surface area contributed by atoms with Crippen LogP contribution in [0.3, 0.4) is 0 Å². The Kier molecular flexibility index (Phi) is 3.21. The van der Waals surface area contributed by atoms with Gasteiger partial charge in [0.1, 0.15) is 4.33 Å². The minimum absolute atomic E-state index is 0.308. The molecule has 2 aromatic rings. The largest absolute Gasteiger partial charge is 0.411 e. The van der Waals surface area contributed by atoms with Gasteiger partial charge in [0.05, 0.1) is 0 Å². The summed E-state index contributed by atoms with van der Waals surface area (Å²) in [4.78, 5) is 3.94. The van der Waals surface area contributed by atoms with E-state index in [9.17, 15) is 0 Å². The summed E-state index contributed by atoms with van der Waals surface area (Å²) >= 11 is 13.4. The second-order valence-corrected chi connectivity index (χ2v) is 6.60. The molecule has 2 aromatic heterocycles. The van der Waals surface area contributed by atoms with Gasteiger partial charge < -0.3 is 4.42 Å². The maximum absolute atomic E-state index is 5.95. The smallest absolute Gasteiger partial charge is 0.276 e. The molecule has 1 aliphatic rings. The predicted molar refractivity (Wildman–Crippen MR) is 70.8 cm³/mol. The lowest BCUT2D eigenvalue weighted by Crippen LogP contribution is -1.92. The zero-order valence-electron chi connectivity index (χ0n) is 9.22. The van der Waals surface area contributed by atoms with E-state index in [4.69, 9.17) is 27.6 Å². The van der Waals surface area contributed by atoms with Crippen LogP contribution in [0.15, 0.2) is 34.2 Å². The molecule has 0 aromatic carbocycles. The first-order valence-corrected chi connectivity index (χ1v) is 7.14. The van der Waals surface area contributed by atoms with Crippen molar-refractivity contribution in [3.8, 4) is 11.5 Å². The topological polar surface area (TPSA) is 51.8 Å². The number of pyridine rings is 1. The molecule has 2 heterocycles. The Hall–Kier alpha value is -0.780. The van der Waals surface area contributed by atoms with Crippen LogP contribution in [0.5, 0.6) is 0 Å². The average molecular weight is 302 g/mol. The van der Waals surface area contributed by atoms with Crippen LogP contribution in [0.2, 0.25) is 0 Å². The normalized spacial score (nSPS) is 20.9. The Morgan fingerprint density at radius 2 is 2.06 bits per heavy atom. The molecule has 1 atom stereocenters. The number of rotatable bonds is 4. The number of aromatic nitrogens is 3. The molecule has 0 spiro atoms. The van der Waals surface area contributed by atoms with Crippen LogP contribution in [0, 0.1) is 5.92 Å². The van der Waals surface area contributed by atoms with Gasteiger partial charge in [-0.1, -0.05) is 11.8 Å². The van der Waals surface area contributed by atoms with Gasteiger partial charge in [-0.25, -0.2) is 0 Å². The van der Waals surface area contributed by atoms with Crippen molar-refractivity contribution in [3.63, 3.8) is 0 Å². The molecule has 94 valence electrons. The number of halogens is 2. The highest BCUT2D eigenvalue weighted by molar-refractivity contribution is 7.99. The summed E-state index contributed by atoms with van der Waals surface area (Å²) in [6, 6.07) is 3.65. The molecular formula is C11H9Cl2N3OS. The maximum Gasteiger partial charge on any atom is 0.276 e. The van der Waals surface area contributed by atoms with Gasteiger partial charge in [-0.2, -0.15) is 0 Å². The van der Waals surface area contributed by atoms with E-state index in [1.807, 2.05) is 12.1 Å². The molecule has 7 heteroatoms. The van der Waals surface area contributed by atoms with Gasteiger partial charge >= 0.3 is 0 Å². The highest BCUT2D eigenvalue weighted by Crippen LogP contribution is 2.54. The molecule has 1 saturated carbocycles. The van der Waals surface area contributed by atoms with E-state index in [2.05, 4.69) is 15.2 Å². The number of hydrogen-bond acceptors (Lipinski definition) is 5. The molecule has 0 saturated heterocycles. The summed E-state index contributed by atoms with van der Waals surface area (Å²) in [5.41, 5.74) is 0.861. The minimum Gasteiger partial charge on any atom is -0.411 e. The Labute approximate surface area is 118 Å². The zero-order chi connectivity index (χ0) is 12.6. The van der Waals surface area contributed by atoms with Gasteiger partial charge in [0, 0.05) is 29.6 Å². The summed E-state index contributed by atoms with van der Waals surface area (Å²) in [7, 11) is 0. The van der Waals surface area contributed by atoms with Crippen molar-refractivity contribution in [2.45, 2.75) is 16.0 Å². The maximum atomic E-state index is 5.95. The van der Waals surface area contributed by atoms with Crippen LogP contribution in [0.4, 0.5) is 0 Å². The first kappa shape index (κ1) is 12.3. The van der Waals surface area contributed by atoms with E-state index >= 15 is 0 Å². The first-order valence-electron chi connectivity index (χ1n) is 5.40. The average Bonchev–Trinajstić information content (AvgIpc) is 2.79. The minimum atomic E-state index is -0.555. The molecular weight excluding hydrogens is 293 g/mol. The van der Waals surface area contributed by atoms with E-state index in [1.165, 1.54) is 11.8 Å². The molecule has 0 N–H and O–H groups in total. The van der Waals surface area contributed by atoms with Crippen LogP contribution in [-0.2, 0) is 0 Å². The van der Waals surface area contributed by atoms with Gasteiger partial charge in [-0.05, 0) is 18.6 Å². The molecule has 0 unspecified atom stereocenters. The molecule has 3 rings (SSSR count). The Balaban J connectivity index is 1.64. The summed E-state index contributed by atoms with van der Waals surface area (Å²) in [5, 5.41) is 8.51. The second kappa shape index (κ2) is 4.72. The molecule has 0 aliphatic heterocycles. The Morgan fingerprint density at radius 3 is 2.72 bits per heavy atom. The number of nitrogens with zero attached hydrogens (tertiary/aromatic N) is 3. The molecule has 1 aliphatic carbocycles. The number of alkyl halides is 2. The van der Waals surface area contributed by atoms with Crippen LogP contribution < -0.4 is 0 Å². The number of hydrogen-bond donors (Lipinski definition) is 0. The van der Waals surface area contributed by atoms with E-state index in [0.717, 1.165) is 17.7 Å². The van der Waals surface area contributed by atoms with E-state index in [-0.39, 0.29) is 0 Å². The third kappa shape index (κ3) is 2.63. The summed E-state index contributed by atoms with van der Waals surface area (Å²) in [6.07, 6.45) is 4.20. The first-order chi connectivity index (χ1) is 8.65. The molecule has 18 heavy (non-hydrogen) atoms. The van der Waals surface area contributed by atoms with Crippen LogP contribution in [0.1, 0.15) is 6.42 Å². The zero-order valence-corrected chi connectivity index (χ0v) is 11.5. The van der Waals surface area contributed by atoms with Crippen molar-refractivity contribution >= 4 is 35.0 Å². The summed E-state index contributed by atoms with van der Waals surface area (Å²) < 4.78 is 4.99.